The Balaban J connectivity index is 2.95. The number of amides is 1. The fourth-order valence-electron chi connectivity index (χ4n) is 1.59. The molecule has 0 aliphatic carbocycles. The minimum Gasteiger partial charge on any atom is -0.481 e. The largest absolute Gasteiger partial charge is 0.481 e. The monoisotopic (exact) mass is 333 g/mol. The van der Waals surface area contributed by atoms with Gasteiger partial charge in [-0.25, -0.2) is 5.48 Å². The summed E-state index contributed by atoms with van der Waals surface area (Å²) in [5, 5.41) is 16.1. The highest BCUT2D eigenvalue weighted by Crippen LogP contribution is 2.17. The van der Waals surface area contributed by atoms with Crippen LogP contribution in [-0.4, -0.2) is 42.1 Å². The first-order valence-electron chi connectivity index (χ1n) is 5.86. The van der Waals surface area contributed by atoms with Gasteiger partial charge in [0.1, 0.15) is 5.25 Å². The molecule has 1 aromatic rings. The quantitative estimate of drug-likeness (QED) is 0.486. The van der Waals surface area contributed by atoms with Crippen LogP contribution in [0.3, 0.4) is 0 Å². The van der Waals surface area contributed by atoms with E-state index in [4.69, 9.17) is 10.3 Å². The highest BCUT2D eigenvalue weighted by atomic mass is 32.2. The van der Waals surface area contributed by atoms with Crippen LogP contribution < -0.4 is 5.48 Å². The molecule has 116 valence electrons. The van der Waals surface area contributed by atoms with Crippen molar-refractivity contribution in [3.05, 3.63) is 24.3 Å². The Hall–Kier alpha value is -1.58. The van der Waals surface area contributed by atoms with Crippen LogP contribution in [0.1, 0.15) is 12.8 Å². The van der Waals surface area contributed by atoms with E-state index in [0.717, 1.165) is 0 Å². The molecule has 0 aliphatic rings. The Morgan fingerprint density at radius 3 is 2.14 bits per heavy atom. The molecule has 0 saturated carbocycles. The zero-order valence-electron chi connectivity index (χ0n) is 11.1. The van der Waals surface area contributed by atoms with Gasteiger partial charge in [0, 0.05) is 33.3 Å². The molecule has 3 unspecified atom stereocenters. The average molecular weight is 333 g/mol. The highest BCUT2D eigenvalue weighted by Gasteiger charge is 2.27. The van der Waals surface area contributed by atoms with Gasteiger partial charge in [0.15, 0.2) is 0 Å². The number of carbonyl (C=O) groups excluding carboxylic acids is 1. The molecule has 1 rings (SSSR count). The summed E-state index contributed by atoms with van der Waals surface area (Å²) in [6, 6.07) is 5.97. The first-order valence-corrected chi connectivity index (χ1v) is 8.63. The Morgan fingerprint density at radius 2 is 1.71 bits per heavy atom. The Bertz CT molecular complexity index is 572. The lowest BCUT2D eigenvalue weighted by atomic mass is 10.2. The van der Waals surface area contributed by atoms with Crippen molar-refractivity contribution in [2.24, 2.45) is 0 Å². The van der Waals surface area contributed by atoms with Crippen molar-refractivity contribution in [2.45, 2.75) is 27.9 Å². The average Bonchev–Trinajstić information content (AvgIpc) is 2.46. The molecule has 0 saturated heterocycles. The van der Waals surface area contributed by atoms with E-state index in [1.54, 1.807) is 0 Å². The van der Waals surface area contributed by atoms with Gasteiger partial charge in [-0.3, -0.25) is 23.2 Å². The summed E-state index contributed by atoms with van der Waals surface area (Å²) in [5.41, 5.74) is 1.40. The fraction of sp³-hybridized carbons (Fsp3) is 0.333. The summed E-state index contributed by atoms with van der Waals surface area (Å²) < 4.78 is 23.6. The molecule has 0 bridgehead atoms. The second kappa shape index (κ2) is 8.01. The van der Waals surface area contributed by atoms with Crippen molar-refractivity contribution >= 4 is 33.5 Å². The van der Waals surface area contributed by atoms with Gasteiger partial charge < -0.3 is 5.11 Å². The van der Waals surface area contributed by atoms with Crippen LogP contribution in [0, 0.1) is 0 Å². The van der Waals surface area contributed by atoms with E-state index in [1.807, 2.05) is 0 Å². The number of carbonyl (C=O) groups is 2. The molecule has 0 aliphatic heterocycles. The number of rotatable bonds is 7. The number of hydrogen-bond acceptors (Lipinski definition) is 5. The number of nitrogens with one attached hydrogen (secondary N) is 1. The third kappa shape index (κ3) is 5.03. The van der Waals surface area contributed by atoms with E-state index in [1.165, 1.54) is 36.0 Å². The van der Waals surface area contributed by atoms with E-state index in [9.17, 15) is 18.0 Å². The number of carboxylic acid groups (broad SMARTS) is 1. The van der Waals surface area contributed by atoms with Crippen LogP contribution in [0.5, 0.6) is 0 Å². The Morgan fingerprint density at radius 1 is 1.19 bits per heavy atom. The highest BCUT2D eigenvalue weighted by molar-refractivity contribution is 7.86. The number of aliphatic carboxylic acids is 1. The second-order valence-corrected chi connectivity index (χ2v) is 7.13. The predicted octanol–water partition coefficient (Wildman–Crippen LogP) is 0.270. The van der Waals surface area contributed by atoms with Crippen LogP contribution >= 0.6 is 0 Å². The molecule has 0 fully saturated rings. The van der Waals surface area contributed by atoms with Crippen LogP contribution in [0.25, 0.3) is 0 Å². The third-order valence-electron chi connectivity index (χ3n) is 2.67. The summed E-state index contributed by atoms with van der Waals surface area (Å²) >= 11 is 0. The van der Waals surface area contributed by atoms with Crippen LogP contribution in [0.2, 0.25) is 0 Å². The maximum atomic E-state index is 12.3. The molecule has 21 heavy (non-hydrogen) atoms. The maximum absolute atomic E-state index is 12.3. The van der Waals surface area contributed by atoms with Gasteiger partial charge in [-0.15, -0.1) is 0 Å². The lowest BCUT2D eigenvalue weighted by molar-refractivity contribution is -0.137. The van der Waals surface area contributed by atoms with Crippen LogP contribution in [0.4, 0.5) is 0 Å². The van der Waals surface area contributed by atoms with Gasteiger partial charge in [0.2, 0.25) is 0 Å². The molecule has 7 nitrogen and oxygen atoms in total. The van der Waals surface area contributed by atoms with Gasteiger partial charge >= 0.3 is 5.97 Å². The summed E-state index contributed by atoms with van der Waals surface area (Å²) in [6.07, 6.45) is 0.984. The zero-order valence-corrected chi connectivity index (χ0v) is 12.8. The van der Waals surface area contributed by atoms with Gasteiger partial charge in [-0.1, -0.05) is 0 Å². The molecular weight excluding hydrogens is 318 g/mol. The number of hydrogen-bond donors (Lipinski definition) is 3. The van der Waals surface area contributed by atoms with Crippen molar-refractivity contribution < 1.29 is 28.3 Å². The van der Waals surface area contributed by atoms with Crippen LogP contribution in [0.15, 0.2) is 34.1 Å². The zero-order chi connectivity index (χ0) is 16.0. The molecule has 1 aromatic carbocycles. The standard InChI is InChI=1S/C12H15NO6S2/c1-20(18)8-2-4-9(5-3-8)21(19)10(12(16)13-17)6-7-11(14)15/h2-5,10,17H,6-7H2,1H3,(H,13,16)(H,14,15). The first-order chi connectivity index (χ1) is 9.86. The van der Waals surface area contributed by atoms with Crippen molar-refractivity contribution in [2.75, 3.05) is 6.26 Å². The SMILES string of the molecule is CS(=O)c1ccc(S(=O)C(CCC(=O)O)C(=O)NO)cc1. The molecule has 3 N–H and O–H groups in total. The van der Waals surface area contributed by atoms with Crippen molar-refractivity contribution in [3.8, 4) is 0 Å². The van der Waals surface area contributed by atoms with Gasteiger partial charge in [0.25, 0.3) is 5.91 Å². The minimum absolute atomic E-state index is 0.171. The molecule has 3 atom stereocenters. The van der Waals surface area contributed by atoms with E-state index in [0.29, 0.717) is 9.79 Å². The molecule has 9 heteroatoms. The molecule has 0 radical (unpaired) electrons. The van der Waals surface area contributed by atoms with Crippen molar-refractivity contribution in [1.82, 2.24) is 5.48 Å². The first kappa shape index (κ1) is 17.5. The lowest BCUT2D eigenvalue weighted by Gasteiger charge is -2.13. The third-order valence-corrected chi connectivity index (χ3v) is 5.31. The summed E-state index contributed by atoms with van der Waals surface area (Å²) in [5.74, 6) is -2.03. The van der Waals surface area contributed by atoms with E-state index >= 15 is 0 Å². The topological polar surface area (TPSA) is 121 Å². The molecule has 0 spiro atoms. The lowest BCUT2D eigenvalue weighted by Crippen LogP contribution is -2.36. The minimum atomic E-state index is -1.82. The fourth-order valence-corrected chi connectivity index (χ4v) is 3.42. The van der Waals surface area contributed by atoms with Crippen molar-refractivity contribution in [3.63, 3.8) is 0 Å². The molecule has 1 amide bonds. The normalized spacial score (nSPS) is 15.0. The smallest absolute Gasteiger partial charge is 0.303 e. The van der Waals surface area contributed by atoms with Crippen molar-refractivity contribution in [1.29, 1.82) is 0 Å². The van der Waals surface area contributed by atoms with Gasteiger partial charge in [0.05, 0.1) is 10.8 Å². The van der Waals surface area contributed by atoms with E-state index in [-0.39, 0.29) is 12.8 Å². The summed E-state index contributed by atoms with van der Waals surface area (Å²) in [6.45, 7) is 0. The summed E-state index contributed by atoms with van der Waals surface area (Å²) in [7, 11) is -3.00. The van der Waals surface area contributed by atoms with E-state index < -0.39 is 38.7 Å². The Labute approximate surface area is 126 Å². The Kier molecular flexibility index (Phi) is 6.66. The predicted molar refractivity (Wildman–Crippen MR) is 75.8 cm³/mol. The molecule has 0 aromatic heterocycles. The number of hydroxylamine groups is 1. The van der Waals surface area contributed by atoms with Gasteiger partial charge in [-0.05, 0) is 30.7 Å². The van der Waals surface area contributed by atoms with Gasteiger partial charge in [-0.2, -0.15) is 0 Å². The van der Waals surface area contributed by atoms with E-state index in [2.05, 4.69) is 0 Å². The maximum Gasteiger partial charge on any atom is 0.303 e. The second-order valence-electron chi connectivity index (χ2n) is 4.12. The number of carboxylic acids is 1. The molecular formula is C12H15NO6S2. The number of benzene rings is 1. The summed E-state index contributed by atoms with van der Waals surface area (Å²) in [4.78, 5) is 22.9. The molecule has 0 heterocycles. The van der Waals surface area contributed by atoms with Crippen LogP contribution in [-0.2, 0) is 31.2 Å².